The van der Waals surface area contributed by atoms with Crippen LogP contribution in [0.1, 0.15) is 22.5 Å². The highest BCUT2D eigenvalue weighted by Crippen LogP contribution is 2.30. The van der Waals surface area contributed by atoms with Crippen molar-refractivity contribution in [1.29, 1.82) is 0 Å². The molecule has 1 aliphatic heterocycles. The van der Waals surface area contributed by atoms with Gasteiger partial charge in [0.15, 0.2) is 0 Å². The Hall–Kier alpha value is -1.56. The minimum Gasteiger partial charge on any atom is -0.337 e. The number of halogens is 2. The van der Waals surface area contributed by atoms with E-state index < -0.39 is 5.92 Å². The van der Waals surface area contributed by atoms with Crippen LogP contribution in [0.2, 0.25) is 0 Å². The van der Waals surface area contributed by atoms with E-state index >= 15 is 0 Å². The maximum Gasteiger partial charge on any atom is 0.266 e. The SMILES string of the molecule is O=C(c1snc2ccccc12)N1CCC(F)(F)CC1. The predicted octanol–water partition coefficient (Wildman–Crippen LogP) is 3.17. The van der Waals surface area contributed by atoms with Gasteiger partial charge in [-0.05, 0) is 17.6 Å². The quantitative estimate of drug-likeness (QED) is 0.805. The number of carbonyl (C=O) groups excluding carboxylic acids is 1. The van der Waals surface area contributed by atoms with Crippen LogP contribution in [0, 0.1) is 0 Å². The second kappa shape index (κ2) is 4.52. The van der Waals surface area contributed by atoms with E-state index in [1.54, 1.807) is 0 Å². The third-order valence-corrected chi connectivity index (χ3v) is 4.23. The Bertz CT molecular complexity index is 616. The Kier molecular flexibility index (Phi) is 2.97. The number of amides is 1. The fourth-order valence-electron chi connectivity index (χ4n) is 2.22. The number of fused-ring (bicyclic) bond motifs is 1. The molecule has 1 aliphatic rings. The van der Waals surface area contributed by atoms with E-state index in [-0.39, 0.29) is 31.8 Å². The summed E-state index contributed by atoms with van der Waals surface area (Å²) in [6.45, 7) is 0.218. The number of piperidine rings is 1. The molecule has 1 fully saturated rings. The summed E-state index contributed by atoms with van der Waals surface area (Å²) in [6, 6.07) is 7.38. The number of alkyl halides is 2. The maximum absolute atomic E-state index is 13.1. The topological polar surface area (TPSA) is 33.2 Å². The lowest BCUT2D eigenvalue weighted by Crippen LogP contribution is -2.42. The zero-order chi connectivity index (χ0) is 13.5. The Balaban J connectivity index is 1.85. The molecule has 0 saturated carbocycles. The number of rotatable bonds is 1. The first-order valence-corrected chi connectivity index (χ1v) is 6.86. The van der Waals surface area contributed by atoms with Crippen LogP contribution < -0.4 is 0 Å². The van der Waals surface area contributed by atoms with Crippen molar-refractivity contribution in [3.8, 4) is 0 Å². The molecule has 1 aromatic carbocycles. The van der Waals surface area contributed by atoms with E-state index in [9.17, 15) is 13.6 Å². The minimum atomic E-state index is -2.63. The van der Waals surface area contributed by atoms with Gasteiger partial charge < -0.3 is 4.90 Å². The van der Waals surface area contributed by atoms with E-state index in [2.05, 4.69) is 4.37 Å². The van der Waals surface area contributed by atoms with Crippen LogP contribution >= 0.6 is 11.5 Å². The Morgan fingerprint density at radius 2 is 1.95 bits per heavy atom. The summed E-state index contributed by atoms with van der Waals surface area (Å²) in [4.78, 5) is 14.4. The smallest absolute Gasteiger partial charge is 0.266 e. The molecular weight excluding hydrogens is 270 g/mol. The monoisotopic (exact) mass is 282 g/mol. The van der Waals surface area contributed by atoms with Crippen LogP contribution in [0.5, 0.6) is 0 Å². The molecule has 19 heavy (non-hydrogen) atoms. The summed E-state index contributed by atoms with van der Waals surface area (Å²) in [6.07, 6.45) is -0.509. The van der Waals surface area contributed by atoms with Gasteiger partial charge in [0.05, 0.1) is 5.52 Å². The molecule has 2 aromatic rings. The zero-order valence-corrected chi connectivity index (χ0v) is 10.9. The van der Waals surface area contributed by atoms with E-state index in [0.29, 0.717) is 4.88 Å². The fourth-order valence-corrected chi connectivity index (χ4v) is 3.05. The van der Waals surface area contributed by atoms with Crippen molar-refractivity contribution in [2.24, 2.45) is 0 Å². The van der Waals surface area contributed by atoms with Crippen LogP contribution in [0.15, 0.2) is 24.3 Å². The lowest BCUT2D eigenvalue weighted by Gasteiger charge is -2.31. The maximum atomic E-state index is 13.1. The number of benzene rings is 1. The molecule has 100 valence electrons. The Morgan fingerprint density at radius 1 is 1.26 bits per heavy atom. The van der Waals surface area contributed by atoms with Crippen molar-refractivity contribution in [3.05, 3.63) is 29.1 Å². The van der Waals surface area contributed by atoms with E-state index in [1.165, 1.54) is 4.90 Å². The fraction of sp³-hybridized carbons (Fsp3) is 0.385. The summed E-state index contributed by atoms with van der Waals surface area (Å²) in [7, 11) is 0. The van der Waals surface area contributed by atoms with Crippen LogP contribution in [0.25, 0.3) is 10.9 Å². The largest absolute Gasteiger partial charge is 0.337 e. The first kappa shape index (κ1) is 12.5. The van der Waals surface area contributed by atoms with Gasteiger partial charge in [0.2, 0.25) is 0 Å². The summed E-state index contributed by atoms with van der Waals surface area (Å²) >= 11 is 1.14. The molecule has 0 spiro atoms. The Labute approximate surface area is 113 Å². The van der Waals surface area contributed by atoms with Crippen molar-refractivity contribution in [3.63, 3.8) is 0 Å². The molecule has 1 saturated heterocycles. The van der Waals surface area contributed by atoms with Gasteiger partial charge in [0, 0.05) is 31.3 Å². The second-order valence-electron chi connectivity index (χ2n) is 4.68. The van der Waals surface area contributed by atoms with Gasteiger partial charge in [-0.2, -0.15) is 4.37 Å². The van der Waals surface area contributed by atoms with Crippen molar-refractivity contribution >= 4 is 28.3 Å². The highest BCUT2D eigenvalue weighted by molar-refractivity contribution is 7.09. The van der Waals surface area contributed by atoms with Gasteiger partial charge in [-0.15, -0.1) is 0 Å². The summed E-state index contributed by atoms with van der Waals surface area (Å²) in [5.41, 5.74) is 0.776. The van der Waals surface area contributed by atoms with Crippen LogP contribution in [0.3, 0.4) is 0 Å². The van der Waals surface area contributed by atoms with Gasteiger partial charge in [-0.25, -0.2) is 8.78 Å². The molecule has 0 atom stereocenters. The summed E-state index contributed by atoms with van der Waals surface area (Å²) in [5, 5.41) is 0.801. The van der Waals surface area contributed by atoms with E-state index in [1.807, 2.05) is 24.3 Å². The predicted molar refractivity (Wildman–Crippen MR) is 69.7 cm³/mol. The van der Waals surface area contributed by atoms with Crippen LogP contribution in [-0.4, -0.2) is 34.2 Å². The minimum absolute atomic E-state index is 0.109. The third-order valence-electron chi connectivity index (χ3n) is 3.36. The highest BCUT2D eigenvalue weighted by atomic mass is 32.1. The molecule has 3 nitrogen and oxygen atoms in total. The number of likely N-dealkylation sites (tertiary alicyclic amines) is 1. The van der Waals surface area contributed by atoms with Crippen LogP contribution in [-0.2, 0) is 0 Å². The van der Waals surface area contributed by atoms with Gasteiger partial charge in [-0.3, -0.25) is 4.79 Å². The van der Waals surface area contributed by atoms with Crippen molar-refractivity contribution in [1.82, 2.24) is 9.27 Å². The Morgan fingerprint density at radius 3 is 2.68 bits per heavy atom. The third kappa shape index (κ3) is 2.32. The first-order valence-electron chi connectivity index (χ1n) is 6.08. The lowest BCUT2D eigenvalue weighted by molar-refractivity contribution is -0.0493. The molecule has 1 aromatic heterocycles. The van der Waals surface area contributed by atoms with E-state index in [0.717, 1.165) is 22.4 Å². The van der Waals surface area contributed by atoms with Gasteiger partial charge in [0.1, 0.15) is 4.88 Å². The molecular formula is C13H12F2N2OS. The first-order chi connectivity index (χ1) is 9.07. The van der Waals surface area contributed by atoms with Crippen molar-refractivity contribution in [2.45, 2.75) is 18.8 Å². The normalized spacial score (nSPS) is 18.7. The van der Waals surface area contributed by atoms with Crippen LogP contribution in [0.4, 0.5) is 8.78 Å². The molecule has 3 rings (SSSR count). The molecule has 0 N–H and O–H groups in total. The molecule has 0 bridgehead atoms. The number of aromatic nitrogens is 1. The van der Waals surface area contributed by atoms with Gasteiger partial charge in [-0.1, -0.05) is 18.2 Å². The van der Waals surface area contributed by atoms with Crippen molar-refractivity contribution in [2.75, 3.05) is 13.1 Å². The number of hydrogen-bond acceptors (Lipinski definition) is 3. The molecule has 0 aliphatic carbocycles. The number of nitrogens with zero attached hydrogens (tertiary/aromatic N) is 2. The van der Waals surface area contributed by atoms with Crippen molar-refractivity contribution < 1.29 is 13.6 Å². The second-order valence-corrected chi connectivity index (χ2v) is 5.45. The van der Waals surface area contributed by atoms with E-state index in [4.69, 9.17) is 0 Å². The molecule has 0 unspecified atom stereocenters. The average molecular weight is 282 g/mol. The van der Waals surface area contributed by atoms with Gasteiger partial charge >= 0.3 is 0 Å². The summed E-state index contributed by atoms with van der Waals surface area (Å²) < 4.78 is 30.4. The number of hydrogen-bond donors (Lipinski definition) is 0. The highest BCUT2D eigenvalue weighted by Gasteiger charge is 2.36. The molecule has 0 radical (unpaired) electrons. The summed E-state index contributed by atoms with van der Waals surface area (Å²) in [5.74, 6) is -2.82. The van der Waals surface area contributed by atoms with Gasteiger partial charge in [0.25, 0.3) is 11.8 Å². The molecule has 1 amide bonds. The lowest BCUT2D eigenvalue weighted by atomic mass is 10.1. The zero-order valence-electron chi connectivity index (χ0n) is 10.1. The molecule has 6 heteroatoms. The molecule has 2 heterocycles. The standard InChI is InChI=1S/C13H12F2N2OS/c14-13(15)5-7-17(8-6-13)12(18)11-9-3-1-2-4-10(9)16-19-11/h1-4H,5-8H2. The average Bonchev–Trinajstić information content (AvgIpc) is 2.82. The number of carbonyl (C=O) groups is 1.